The molecule has 1 amide bonds. The molecule has 0 spiro atoms. The average Bonchev–Trinajstić information content (AvgIpc) is 3.32. The second-order valence-electron chi connectivity index (χ2n) is 11.6. The number of nitrogens with one attached hydrogen (secondary N) is 2. The van der Waals surface area contributed by atoms with E-state index in [1.54, 1.807) is 78.9 Å². The number of alkyl halides is 3. The molecule has 1 fully saturated rings. The van der Waals surface area contributed by atoms with Crippen molar-refractivity contribution in [2.24, 2.45) is 0 Å². The van der Waals surface area contributed by atoms with Gasteiger partial charge < -0.3 is 29.4 Å². The number of aromatic nitrogens is 2. The molecule has 1 aromatic heterocycles. The van der Waals surface area contributed by atoms with Crippen molar-refractivity contribution in [1.29, 1.82) is 0 Å². The first-order valence-corrected chi connectivity index (χ1v) is 14.8. The van der Waals surface area contributed by atoms with Crippen LogP contribution in [0.3, 0.4) is 0 Å². The van der Waals surface area contributed by atoms with E-state index in [1.165, 1.54) is 34.3 Å². The van der Waals surface area contributed by atoms with Crippen LogP contribution in [0.1, 0.15) is 35.6 Å². The third-order valence-corrected chi connectivity index (χ3v) is 8.40. The van der Waals surface area contributed by atoms with Crippen molar-refractivity contribution in [3.8, 4) is 11.5 Å². The van der Waals surface area contributed by atoms with Gasteiger partial charge in [-0.2, -0.15) is 13.2 Å². The lowest BCUT2D eigenvalue weighted by Gasteiger charge is -2.41. The summed E-state index contributed by atoms with van der Waals surface area (Å²) in [6.45, 7) is 1.91. The van der Waals surface area contributed by atoms with E-state index in [9.17, 15) is 32.7 Å². The van der Waals surface area contributed by atoms with Gasteiger partial charge in [-0.15, -0.1) is 0 Å². The molecule has 2 heterocycles. The van der Waals surface area contributed by atoms with Crippen LogP contribution in [0, 0.1) is 6.92 Å². The van der Waals surface area contributed by atoms with Crippen molar-refractivity contribution < 1.29 is 42.0 Å². The van der Waals surface area contributed by atoms with Crippen LogP contribution in [0.15, 0.2) is 94.6 Å². The lowest BCUT2D eigenvalue weighted by atomic mass is 9.80. The van der Waals surface area contributed by atoms with E-state index in [0.29, 0.717) is 28.2 Å². The van der Waals surface area contributed by atoms with Crippen LogP contribution in [0.25, 0.3) is 0 Å². The standard InChI is InChI=1S/C34H34F3N3O8/c1-21-19-40(30(44)38-28(21)42)31(2)18-27(41)32(48-31,39-29(43)34(35,36)37)20-47-33(22-8-6-5-7-9-22,23-10-14-25(45-3)15-11-23)24-12-16-26(46-4)17-13-24/h5-17,19,27,41H,18,20H2,1-4H3,(H,39,43)(H,38,42,44)/t27-,31+,32+/m0/s1. The number of hydrogen-bond acceptors (Lipinski definition) is 8. The number of rotatable bonds is 10. The van der Waals surface area contributed by atoms with Crippen LogP contribution in [0.5, 0.6) is 11.5 Å². The van der Waals surface area contributed by atoms with E-state index >= 15 is 0 Å². The Morgan fingerprint density at radius 1 is 0.958 bits per heavy atom. The topological polar surface area (TPSA) is 141 Å². The van der Waals surface area contributed by atoms with Gasteiger partial charge in [0.2, 0.25) is 0 Å². The molecule has 3 N–H and O–H groups in total. The van der Waals surface area contributed by atoms with Gasteiger partial charge in [0.15, 0.2) is 11.4 Å². The maximum atomic E-state index is 13.8. The third kappa shape index (κ3) is 6.33. The number of H-pyrrole nitrogens is 1. The highest BCUT2D eigenvalue weighted by Gasteiger charge is 2.59. The Morgan fingerprint density at radius 3 is 1.98 bits per heavy atom. The summed E-state index contributed by atoms with van der Waals surface area (Å²) in [5, 5.41) is 13.3. The molecule has 14 heteroatoms. The van der Waals surface area contributed by atoms with Gasteiger partial charge in [0.1, 0.15) is 23.2 Å². The number of methoxy groups -OCH3 is 2. The lowest BCUT2D eigenvalue weighted by molar-refractivity contribution is -0.221. The number of aromatic amines is 1. The van der Waals surface area contributed by atoms with Gasteiger partial charge in [0.25, 0.3) is 5.56 Å². The van der Waals surface area contributed by atoms with Crippen LogP contribution in [-0.4, -0.2) is 59.4 Å². The zero-order valence-electron chi connectivity index (χ0n) is 26.5. The molecule has 3 aromatic carbocycles. The van der Waals surface area contributed by atoms with Gasteiger partial charge >= 0.3 is 17.8 Å². The number of aliphatic hydroxyl groups is 1. The molecule has 0 bridgehead atoms. The van der Waals surface area contributed by atoms with Crippen molar-refractivity contribution in [1.82, 2.24) is 14.9 Å². The minimum Gasteiger partial charge on any atom is -0.497 e. The van der Waals surface area contributed by atoms with Crippen molar-refractivity contribution in [2.45, 2.75) is 49.6 Å². The zero-order chi connectivity index (χ0) is 34.9. The lowest BCUT2D eigenvalue weighted by Crippen LogP contribution is -2.62. The fourth-order valence-corrected chi connectivity index (χ4v) is 5.91. The number of hydrogen-bond donors (Lipinski definition) is 3. The molecular weight excluding hydrogens is 635 g/mol. The van der Waals surface area contributed by atoms with Gasteiger partial charge in [-0.25, -0.2) is 4.79 Å². The highest BCUT2D eigenvalue weighted by Crippen LogP contribution is 2.45. The van der Waals surface area contributed by atoms with Crippen molar-refractivity contribution in [2.75, 3.05) is 20.8 Å². The molecule has 5 rings (SSSR count). The minimum atomic E-state index is -5.37. The second kappa shape index (κ2) is 12.9. The number of nitrogens with zero attached hydrogens (tertiary/aromatic N) is 1. The highest BCUT2D eigenvalue weighted by atomic mass is 19.4. The molecule has 1 aliphatic heterocycles. The monoisotopic (exact) mass is 669 g/mol. The van der Waals surface area contributed by atoms with Crippen LogP contribution in [-0.2, 0) is 25.6 Å². The largest absolute Gasteiger partial charge is 0.497 e. The predicted octanol–water partition coefficient (Wildman–Crippen LogP) is 3.70. The van der Waals surface area contributed by atoms with E-state index < -0.39 is 59.5 Å². The van der Waals surface area contributed by atoms with Gasteiger partial charge in [-0.1, -0.05) is 54.6 Å². The summed E-state index contributed by atoms with van der Waals surface area (Å²) in [4.78, 5) is 39.6. The molecule has 0 unspecified atom stereocenters. The fraction of sp³-hybridized carbons (Fsp3) is 0.324. The Balaban J connectivity index is 1.70. The van der Waals surface area contributed by atoms with Crippen LogP contribution in [0.4, 0.5) is 13.2 Å². The molecule has 1 saturated heterocycles. The predicted molar refractivity (Wildman–Crippen MR) is 167 cm³/mol. The van der Waals surface area contributed by atoms with Gasteiger partial charge in [-0.05, 0) is 54.8 Å². The van der Waals surface area contributed by atoms with E-state index in [4.69, 9.17) is 18.9 Å². The van der Waals surface area contributed by atoms with Crippen LogP contribution in [0.2, 0.25) is 0 Å². The first-order chi connectivity index (χ1) is 22.7. The molecule has 0 saturated carbocycles. The Bertz CT molecular complexity index is 1830. The summed E-state index contributed by atoms with van der Waals surface area (Å²) in [6, 6.07) is 22.4. The minimum absolute atomic E-state index is 0.101. The van der Waals surface area contributed by atoms with Crippen molar-refractivity contribution >= 4 is 5.91 Å². The Labute approximate surface area is 272 Å². The summed E-state index contributed by atoms with van der Waals surface area (Å²) in [7, 11) is 3.00. The molecule has 3 atom stereocenters. The average molecular weight is 670 g/mol. The smallest absolute Gasteiger partial charge is 0.471 e. The molecule has 0 radical (unpaired) electrons. The number of halogens is 3. The fourth-order valence-electron chi connectivity index (χ4n) is 5.91. The summed E-state index contributed by atoms with van der Waals surface area (Å²) >= 11 is 0. The second-order valence-corrected chi connectivity index (χ2v) is 11.6. The maximum absolute atomic E-state index is 13.8. The highest BCUT2D eigenvalue weighted by molar-refractivity contribution is 5.82. The maximum Gasteiger partial charge on any atom is 0.471 e. The number of amides is 1. The third-order valence-electron chi connectivity index (χ3n) is 8.40. The quantitative estimate of drug-likeness (QED) is 0.217. The molecule has 0 aliphatic carbocycles. The Hall–Kier alpha value is -4.92. The molecule has 11 nitrogen and oxygen atoms in total. The van der Waals surface area contributed by atoms with Gasteiger partial charge in [0.05, 0.1) is 20.8 Å². The summed E-state index contributed by atoms with van der Waals surface area (Å²) < 4.78 is 65.8. The SMILES string of the molecule is COc1ccc(C(OC[C@@]2(NC(=O)C(F)(F)F)O[C@@](C)(n3cc(C)c(=O)[nH]c3=O)C[C@@H]2O)(c2ccccc2)c2ccc(OC)cc2)cc1. The molecule has 254 valence electrons. The zero-order valence-corrected chi connectivity index (χ0v) is 26.5. The first kappa shape index (κ1) is 34.4. The Morgan fingerprint density at radius 2 is 1.48 bits per heavy atom. The molecule has 1 aliphatic rings. The molecule has 48 heavy (non-hydrogen) atoms. The molecular formula is C34H34F3N3O8. The van der Waals surface area contributed by atoms with Crippen LogP contribution >= 0.6 is 0 Å². The van der Waals surface area contributed by atoms with Gasteiger partial charge in [0, 0.05) is 18.2 Å². The van der Waals surface area contributed by atoms with Crippen LogP contribution < -0.4 is 26.0 Å². The number of carbonyl (C=O) groups is 1. The summed E-state index contributed by atoms with van der Waals surface area (Å²) in [5.41, 5.74) is -5.92. The summed E-state index contributed by atoms with van der Waals surface area (Å²) in [5.74, 6) is -1.36. The van der Waals surface area contributed by atoms with E-state index in [1.807, 2.05) is 5.32 Å². The normalized spacial score (nSPS) is 21.1. The number of aliphatic hydroxyl groups excluding tert-OH is 1. The van der Waals surface area contributed by atoms with E-state index in [0.717, 1.165) is 4.57 Å². The molecule has 4 aromatic rings. The van der Waals surface area contributed by atoms with Gasteiger partial charge in [-0.3, -0.25) is 19.1 Å². The van der Waals surface area contributed by atoms with E-state index in [2.05, 4.69) is 4.98 Å². The number of carbonyl (C=O) groups excluding carboxylic acids is 1. The van der Waals surface area contributed by atoms with E-state index in [-0.39, 0.29) is 5.56 Å². The number of aryl methyl sites for hydroxylation is 1. The first-order valence-electron chi connectivity index (χ1n) is 14.8. The Kier molecular flexibility index (Phi) is 9.28. The van der Waals surface area contributed by atoms with Crippen molar-refractivity contribution in [3.63, 3.8) is 0 Å². The number of benzene rings is 3. The summed E-state index contributed by atoms with van der Waals surface area (Å²) in [6.07, 6.45) is -6.51. The van der Waals surface area contributed by atoms with Crippen molar-refractivity contribution in [3.05, 3.63) is 128 Å². The number of ether oxygens (including phenoxy) is 4.